The van der Waals surface area contributed by atoms with Gasteiger partial charge in [0.1, 0.15) is 19.3 Å². The first-order chi connectivity index (χ1) is 51.7. The highest BCUT2D eigenvalue weighted by molar-refractivity contribution is 7.47. The molecular formula is C87H144O17P2. The Morgan fingerprint density at radius 2 is 0.491 bits per heavy atom. The summed E-state index contributed by atoms with van der Waals surface area (Å²) >= 11 is 0. The molecule has 0 radical (unpaired) electrons. The topological polar surface area (TPSA) is 237 Å². The van der Waals surface area contributed by atoms with Crippen molar-refractivity contribution in [1.29, 1.82) is 0 Å². The zero-order chi connectivity index (χ0) is 77.4. The Hall–Kier alpha value is -5.32. The Kier molecular flexibility index (Phi) is 73.9. The molecule has 604 valence electrons. The lowest BCUT2D eigenvalue weighted by Gasteiger charge is -2.21. The van der Waals surface area contributed by atoms with Crippen LogP contribution in [0.1, 0.15) is 310 Å². The normalized spacial score (nSPS) is 14.7. The van der Waals surface area contributed by atoms with Gasteiger partial charge in [0.25, 0.3) is 0 Å². The molecule has 17 nitrogen and oxygen atoms in total. The highest BCUT2D eigenvalue weighted by atomic mass is 31.2. The van der Waals surface area contributed by atoms with Gasteiger partial charge < -0.3 is 33.8 Å². The maximum Gasteiger partial charge on any atom is 0.472 e. The number of hydrogen-bond acceptors (Lipinski definition) is 15. The number of phosphoric acid groups is 2. The molecule has 0 aromatic carbocycles. The molecule has 0 rings (SSSR count). The number of aliphatic hydroxyl groups is 1. The van der Waals surface area contributed by atoms with E-state index < -0.39 is 97.5 Å². The lowest BCUT2D eigenvalue weighted by molar-refractivity contribution is -0.161. The molecule has 0 saturated heterocycles. The molecule has 3 N–H and O–H groups in total. The molecule has 0 aliphatic carbocycles. The SMILES string of the molecule is CCCCC/C=C\C/C=C\C/C=C\C/C=C\C/C=C\CCC(=O)OC[C@H](COP(=O)(O)OC[C@@H](O)COP(=O)(O)OC[C@@H](COC(=O)CCCCCCC/C=C\C/C=C\CCCCC)OC(=O)CCCCCCC/C=C\C/C=C\CCCCC)OC(=O)CCC/C=C\C/C=C\C/C=C\C/C=C\CCCCC. The summed E-state index contributed by atoms with van der Waals surface area (Å²) in [5, 5.41) is 10.6. The number of unbranched alkanes of at least 4 members (excludes halogenated alkanes) is 23. The van der Waals surface area contributed by atoms with Gasteiger partial charge in [-0.2, -0.15) is 0 Å². The molecule has 0 heterocycles. The van der Waals surface area contributed by atoms with Crippen LogP contribution in [0.15, 0.2) is 158 Å². The maximum atomic E-state index is 13.1. The van der Waals surface area contributed by atoms with Gasteiger partial charge in [-0.05, 0) is 167 Å². The molecule has 19 heteroatoms. The van der Waals surface area contributed by atoms with E-state index >= 15 is 0 Å². The van der Waals surface area contributed by atoms with Crippen molar-refractivity contribution in [3.63, 3.8) is 0 Å². The van der Waals surface area contributed by atoms with Crippen LogP contribution in [0.3, 0.4) is 0 Å². The van der Waals surface area contributed by atoms with Gasteiger partial charge in [-0.25, -0.2) is 9.13 Å². The number of ether oxygens (including phenoxy) is 4. The van der Waals surface area contributed by atoms with Crippen molar-refractivity contribution < 1.29 is 80.2 Å². The van der Waals surface area contributed by atoms with E-state index in [4.69, 9.17) is 37.0 Å². The van der Waals surface area contributed by atoms with Gasteiger partial charge in [-0.1, -0.05) is 276 Å². The van der Waals surface area contributed by atoms with Crippen molar-refractivity contribution in [1.82, 2.24) is 0 Å². The second-order valence-corrected chi connectivity index (χ2v) is 29.5. The third-order valence-electron chi connectivity index (χ3n) is 16.4. The monoisotopic (exact) mass is 1520 g/mol. The fourth-order valence-corrected chi connectivity index (χ4v) is 11.8. The standard InChI is InChI=1S/C87H144O17P2/c1-5-9-13-17-21-25-29-33-37-39-40-42-45-48-52-56-60-64-68-72-85(90)98-78-83(104-87(92)74-70-66-62-58-54-50-46-41-38-34-30-26-22-18-14-10-6-2)80-102-106(95,96)100-76-81(88)75-99-105(93,94)101-79-82(103-86(91)73-69-65-61-57-53-49-44-36-32-28-24-20-16-12-8-4)77-97-84(89)71-67-63-59-55-51-47-43-35-31-27-23-19-15-11-7-3/h21-28,33-38,40,42-44,46,48,50,52,58,60,62,64,81-83,88H,5-20,29-32,39,41,45,47,49,51,53-57,59,61,63,65-80H2,1-4H3,(H,93,94)(H,95,96)/b25-21-,26-22-,27-23-,28-24-,37-33-,38-34-,42-40-,43-35-,44-36-,50-46-,52-48-,62-58-,64-60-/t81-,82+,83+/m0/s1. The molecule has 0 aliphatic rings. The van der Waals surface area contributed by atoms with Gasteiger partial charge in [-0.3, -0.25) is 37.3 Å². The van der Waals surface area contributed by atoms with E-state index in [1.165, 1.54) is 77.0 Å². The molecular weight excluding hydrogens is 1380 g/mol. The number of carbonyl (C=O) groups excluding carboxylic acids is 4. The van der Waals surface area contributed by atoms with Crippen molar-refractivity contribution in [3.05, 3.63) is 158 Å². The third kappa shape index (κ3) is 76.9. The van der Waals surface area contributed by atoms with Crippen molar-refractivity contribution in [2.45, 2.75) is 329 Å². The summed E-state index contributed by atoms with van der Waals surface area (Å²) in [4.78, 5) is 73.0. The van der Waals surface area contributed by atoms with Gasteiger partial charge >= 0.3 is 39.5 Å². The summed E-state index contributed by atoms with van der Waals surface area (Å²) < 4.78 is 68.5. The number of carbonyl (C=O) groups is 4. The van der Waals surface area contributed by atoms with E-state index in [0.717, 1.165) is 141 Å². The van der Waals surface area contributed by atoms with E-state index in [2.05, 4.69) is 155 Å². The first kappa shape index (κ1) is 101. The molecule has 0 spiro atoms. The van der Waals surface area contributed by atoms with E-state index in [0.29, 0.717) is 38.5 Å². The van der Waals surface area contributed by atoms with E-state index in [-0.39, 0.29) is 25.7 Å². The largest absolute Gasteiger partial charge is 0.472 e. The predicted molar refractivity (Wildman–Crippen MR) is 436 cm³/mol. The van der Waals surface area contributed by atoms with Crippen molar-refractivity contribution in [2.24, 2.45) is 0 Å². The number of allylic oxidation sites excluding steroid dienone is 26. The van der Waals surface area contributed by atoms with E-state index in [1.54, 1.807) is 0 Å². The summed E-state index contributed by atoms with van der Waals surface area (Å²) in [5.74, 6) is -2.38. The van der Waals surface area contributed by atoms with Gasteiger partial charge in [0, 0.05) is 25.7 Å². The van der Waals surface area contributed by atoms with Crippen LogP contribution in [0.5, 0.6) is 0 Å². The van der Waals surface area contributed by atoms with Crippen LogP contribution in [0.25, 0.3) is 0 Å². The molecule has 5 atom stereocenters. The van der Waals surface area contributed by atoms with Crippen LogP contribution >= 0.6 is 15.6 Å². The number of esters is 4. The number of aliphatic hydroxyl groups excluding tert-OH is 1. The molecule has 0 fully saturated rings. The zero-order valence-corrected chi connectivity index (χ0v) is 67.8. The molecule has 0 aromatic heterocycles. The van der Waals surface area contributed by atoms with Crippen LogP contribution < -0.4 is 0 Å². The molecule has 0 bridgehead atoms. The minimum atomic E-state index is -5.02. The minimum absolute atomic E-state index is 0.00193. The predicted octanol–water partition coefficient (Wildman–Crippen LogP) is 24.0. The molecule has 0 aliphatic heterocycles. The van der Waals surface area contributed by atoms with Crippen molar-refractivity contribution in [3.8, 4) is 0 Å². The first-order valence-corrected chi connectivity index (χ1v) is 43.7. The fraction of sp³-hybridized carbons (Fsp3) is 0.655. The van der Waals surface area contributed by atoms with Crippen LogP contribution in [-0.2, 0) is 65.4 Å². The summed E-state index contributed by atoms with van der Waals surface area (Å²) in [7, 11) is -10.0. The number of rotatable bonds is 75. The summed E-state index contributed by atoms with van der Waals surface area (Å²) in [5.41, 5.74) is 0. The Labute approximate surface area is 642 Å². The summed E-state index contributed by atoms with van der Waals surface area (Å²) in [6, 6.07) is 0. The van der Waals surface area contributed by atoms with Crippen molar-refractivity contribution >= 4 is 39.5 Å². The zero-order valence-electron chi connectivity index (χ0n) is 66.1. The van der Waals surface area contributed by atoms with Gasteiger partial charge in [0.05, 0.1) is 26.4 Å². The minimum Gasteiger partial charge on any atom is -0.462 e. The average molecular weight is 1520 g/mol. The summed E-state index contributed by atoms with van der Waals surface area (Å²) in [6.45, 7) is 4.58. The van der Waals surface area contributed by atoms with Crippen LogP contribution in [0.2, 0.25) is 0 Å². The lowest BCUT2D eigenvalue weighted by atomic mass is 10.1. The van der Waals surface area contributed by atoms with E-state index in [1.807, 2.05) is 30.4 Å². The lowest BCUT2D eigenvalue weighted by Crippen LogP contribution is -2.30. The van der Waals surface area contributed by atoms with Crippen LogP contribution in [0, 0.1) is 0 Å². The Morgan fingerprint density at radius 3 is 0.802 bits per heavy atom. The van der Waals surface area contributed by atoms with Gasteiger partial charge in [-0.15, -0.1) is 0 Å². The number of hydrogen-bond donors (Lipinski definition) is 3. The van der Waals surface area contributed by atoms with Crippen LogP contribution in [-0.4, -0.2) is 96.7 Å². The third-order valence-corrected chi connectivity index (χ3v) is 18.3. The molecule has 2 unspecified atom stereocenters. The molecule has 0 amide bonds. The molecule has 0 saturated carbocycles. The number of phosphoric ester groups is 2. The molecule has 0 aromatic rings. The van der Waals surface area contributed by atoms with E-state index in [9.17, 15) is 43.2 Å². The molecule has 106 heavy (non-hydrogen) atoms. The fourth-order valence-electron chi connectivity index (χ4n) is 10.2. The second kappa shape index (κ2) is 77.8. The quantitative estimate of drug-likeness (QED) is 0.0169. The second-order valence-electron chi connectivity index (χ2n) is 26.6. The highest BCUT2D eigenvalue weighted by Gasteiger charge is 2.30. The van der Waals surface area contributed by atoms with Crippen molar-refractivity contribution in [2.75, 3.05) is 39.6 Å². The van der Waals surface area contributed by atoms with Gasteiger partial charge in [0.15, 0.2) is 12.2 Å². The Bertz CT molecular complexity index is 2630. The Balaban J connectivity index is 5.52. The highest BCUT2D eigenvalue weighted by Crippen LogP contribution is 2.45. The van der Waals surface area contributed by atoms with Gasteiger partial charge in [0.2, 0.25) is 0 Å². The summed E-state index contributed by atoms with van der Waals surface area (Å²) in [6.07, 6.45) is 90.9. The Morgan fingerprint density at radius 1 is 0.264 bits per heavy atom. The smallest absolute Gasteiger partial charge is 0.462 e. The van der Waals surface area contributed by atoms with Crippen LogP contribution in [0.4, 0.5) is 0 Å². The maximum absolute atomic E-state index is 13.1. The average Bonchev–Trinajstić information content (AvgIpc) is 0.902. The first-order valence-electron chi connectivity index (χ1n) is 40.7.